The molecule has 0 saturated carbocycles. The molecular formula is C17H12N2O4. The SMILES string of the molecule is C#Cc1cccc(NC(=O)N(C=O)c2ccc3c(c2)OCO3)c1. The van der Waals surface area contributed by atoms with Crippen LogP contribution in [0.3, 0.4) is 0 Å². The van der Waals surface area contributed by atoms with E-state index in [1.165, 1.54) is 0 Å². The zero-order valence-corrected chi connectivity index (χ0v) is 12.0. The van der Waals surface area contributed by atoms with E-state index in [1.54, 1.807) is 42.5 Å². The summed E-state index contributed by atoms with van der Waals surface area (Å²) in [5, 5.41) is 2.62. The fourth-order valence-electron chi connectivity index (χ4n) is 2.13. The molecule has 1 aliphatic heterocycles. The number of terminal acetylenes is 1. The molecule has 3 rings (SSSR count). The molecule has 114 valence electrons. The molecule has 0 unspecified atom stereocenters. The molecule has 3 amide bonds. The van der Waals surface area contributed by atoms with Crippen molar-refractivity contribution >= 4 is 23.8 Å². The lowest BCUT2D eigenvalue weighted by atomic mass is 10.2. The number of nitrogens with zero attached hydrogens (tertiary/aromatic N) is 1. The Labute approximate surface area is 132 Å². The van der Waals surface area contributed by atoms with Gasteiger partial charge in [-0.1, -0.05) is 12.0 Å². The van der Waals surface area contributed by atoms with Crippen LogP contribution in [-0.4, -0.2) is 19.2 Å². The van der Waals surface area contributed by atoms with Crippen molar-refractivity contribution < 1.29 is 19.1 Å². The van der Waals surface area contributed by atoms with E-state index in [-0.39, 0.29) is 6.79 Å². The first-order chi connectivity index (χ1) is 11.2. The van der Waals surface area contributed by atoms with Crippen molar-refractivity contribution in [3.8, 4) is 23.8 Å². The number of fused-ring (bicyclic) bond motifs is 1. The van der Waals surface area contributed by atoms with Gasteiger partial charge in [0.15, 0.2) is 11.5 Å². The van der Waals surface area contributed by atoms with E-state index in [0.29, 0.717) is 34.8 Å². The minimum atomic E-state index is -0.604. The molecule has 0 spiro atoms. The van der Waals surface area contributed by atoms with Gasteiger partial charge in [-0.2, -0.15) is 0 Å². The Hall–Kier alpha value is -3.46. The van der Waals surface area contributed by atoms with E-state index in [0.717, 1.165) is 4.90 Å². The van der Waals surface area contributed by atoms with Crippen molar-refractivity contribution in [2.45, 2.75) is 0 Å². The molecule has 0 aliphatic carbocycles. The summed E-state index contributed by atoms with van der Waals surface area (Å²) >= 11 is 0. The minimum Gasteiger partial charge on any atom is -0.454 e. The third-order valence-corrected chi connectivity index (χ3v) is 3.24. The summed E-state index contributed by atoms with van der Waals surface area (Å²) in [6, 6.07) is 11.0. The number of carbonyl (C=O) groups excluding carboxylic acids is 2. The Morgan fingerprint density at radius 1 is 1.22 bits per heavy atom. The molecule has 0 aromatic heterocycles. The standard InChI is InChI=1S/C17H12N2O4/c1-2-12-4-3-5-13(8-12)18-17(21)19(10-20)14-6-7-15-16(9-14)23-11-22-15/h1,3-10H,11H2,(H,18,21). The predicted molar refractivity (Wildman–Crippen MR) is 84.5 cm³/mol. The molecule has 1 aliphatic rings. The van der Waals surface area contributed by atoms with Gasteiger partial charge in [0.25, 0.3) is 0 Å². The quantitative estimate of drug-likeness (QED) is 0.699. The van der Waals surface area contributed by atoms with Crippen LogP contribution in [0.25, 0.3) is 0 Å². The number of anilines is 2. The summed E-state index contributed by atoms with van der Waals surface area (Å²) in [4.78, 5) is 24.6. The van der Waals surface area contributed by atoms with Crippen LogP contribution in [0.15, 0.2) is 42.5 Å². The molecule has 0 saturated heterocycles. The van der Waals surface area contributed by atoms with Gasteiger partial charge < -0.3 is 14.8 Å². The first-order valence-electron chi connectivity index (χ1n) is 6.73. The lowest BCUT2D eigenvalue weighted by Gasteiger charge is -2.17. The molecule has 2 aromatic rings. The second-order valence-corrected chi connectivity index (χ2v) is 4.67. The van der Waals surface area contributed by atoms with Crippen LogP contribution in [0.5, 0.6) is 11.5 Å². The first-order valence-corrected chi connectivity index (χ1v) is 6.73. The molecule has 0 radical (unpaired) electrons. The van der Waals surface area contributed by atoms with Crippen LogP contribution in [0.4, 0.5) is 16.2 Å². The van der Waals surface area contributed by atoms with Crippen molar-refractivity contribution in [2.24, 2.45) is 0 Å². The Balaban J connectivity index is 1.81. The lowest BCUT2D eigenvalue weighted by molar-refractivity contribution is -0.106. The number of imide groups is 1. The highest BCUT2D eigenvalue weighted by Crippen LogP contribution is 2.35. The predicted octanol–water partition coefficient (Wildman–Crippen LogP) is 2.59. The van der Waals surface area contributed by atoms with Gasteiger partial charge in [-0.25, -0.2) is 9.69 Å². The molecular weight excluding hydrogens is 296 g/mol. The largest absolute Gasteiger partial charge is 0.454 e. The number of carbonyl (C=O) groups is 2. The van der Waals surface area contributed by atoms with Gasteiger partial charge in [-0.05, 0) is 30.3 Å². The highest BCUT2D eigenvalue weighted by molar-refractivity contribution is 6.12. The van der Waals surface area contributed by atoms with Crippen LogP contribution >= 0.6 is 0 Å². The monoisotopic (exact) mass is 308 g/mol. The maximum absolute atomic E-state index is 12.3. The number of hydrogen-bond acceptors (Lipinski definition) is 4. The van der Waals surface area contributed by atoms with E-state index in [2.05, 4.69) is 11.2 Å². The van der Waals surface area contributed by atoms with Gasteiger partial charge >= 0.3 is 6.03 Å². The average Bonchev–Trinajstić information content (AvgIpc) is 3.03. The summed E-state index contributed by atoms with van der Waals surface area (Å²) in [5.41, 5.74) is 1.50. The smallest absolute Gasteiger partial charge is 0.332 e. The molecule has 2 aromatic carbocycles. The molecule has 6 heteroatoms. The van der Waals surface area contributed by atoms with Crippen LogP contribution in [0, 0.1) is 12.3 Å². The highest BCUT2D eigenvalue weighted by atomic mass is 16.7. The Bertz CT molecular complexity index is 810. The summed E-state index contributed by atoms with van der Waals surface area (Å²) in [6.07, 6.45) is 5.75. The molecule has 0 atom stereocenters. The van der Waals surface area contributed by atoms with E-state index in [4.69, 9.17) is 15.9 Å². The topological polar surface area (TPSA) is 67.9 Å². The minimum absolute atomic E-state index is 0.116. The maximum Gasteiger partial charge on any atom is 0.332 e. The van der Waals surface area contributed by atoms with Crippen LogP contribution in [-0.2, 0) is 4.79 Å². The van der Waals surface area contributed by atoms with E-state index in [1.807, 2.05) is 0 Å². The van der Waals surface area contributed by atoms with Gasteiger partial charge in [0.05, 0.1) is 5.69 Å². The number of rotatable bonds is 3. The van der Waals surface area contributed by atoms with Crippen LogP contribution in [0.2, 0.25) is 0 Å². The number of urea groups is 1. The van der Waals surface area contributed by atoms with Gasteiger partial charge in [-0.15, -0.1) is 6.42 Å². The van der Waals surface area contributed by atoms with Gasteiger partial charge in [0.2, 0.25) is 13.2 Å². The second kappa shape index (κ2) is 6.12. The van der Waals surface area contributed by atoms with Gasteiger partial charge in [0, 0.05) is 17.3 Å². The zero-order chi connectivity index (χ0) is 16.2. The summed E-state index contributed by atoms with van der Waals surface area (Å²) in [7, 11) is 0. The lowest BCUT2D eigenvalue weighted by Crippen LogP contribution is -2.33. The van der Waals surface area contributed by atoms with Gasteiger partial charge in [-0.3, -0.25) is 4.79 Å². The molecule has 0 bridgehead atoms. The first kappa shape index (κ1) is 14.5. The Kier molecular flexibility index (Phi) is 3.85. The van der Waals surface area contributed by atoms with Crippen molar-refractivity contribution in [2.75, 3.05) is 17.0 Å². The normalized spacial score (nSPS) is 11.4. The summed E-state index contributed by atoms with van der Waals surface area (Å²) < 4.78 is 10.4. The Morgan fingerprint density at radius 2 is 2.04 bits per heavy atom. The Morgan fingerprint density at radius 3 is 2.83 bits per heavy atom. The van der Waals surface area contributed by atoms with Crippen LogP contribution in [0.1, 0.15) is 5.56 Å². The van der Waals surface area contributed by atoms with Crippen molar-refractivity contribution in [1.82, 2.24) is 0 Å². The number of ether oxygens (including phenoxy) is 2. The average molecular weight is 308 g/mol. The van der Waals surface area contributed by atoms with Crippen molar-refractivity contribution in [3.63, 3.8) is 0 Å². The number of benzene rings is 2. The van der Waals surface area contributed by atoms with E-state index < -0.39 is 6.03 Å². The maximum atomic E-state index is 12.3. The van der Waals surface area contributed by atoms with Crippen molar-refractivity contribution in [3.05, 3.63) is 48.0 Å². The molecule has 1 N–H and O–H groups in total. The molecule has 1 heterocycles. The summed E-state index contributed by atoms with van der Waals surface area (Å²) in [5.74, 6) is 3.53. The number of hydrogen-bond donors (Lipinski definition) is 1. The molecule has 0 fully saturated rings. The highest BCUT2D eigenvalue weighted by Gasteiger charge is 2.20. The van der Waals surface area contributed by atoms with E-state index >= 15 is 0 Å². The number of nitrogens with one attached hydrogen (secondary N) is 1. The fourth-order valence-corrected chi connectivity index (χ4v) is 2.13. The van der Waals surface area contributed by atoms with Crippen molar-refractivity contribution in [1.29, 1.82) is 0 Å². The third kappa shape index (κ3) is 2.94. The number of amides is 3. The van der Waals surface area contributed by atoms with E-state index in [9.17, 15) is 9.59 Å². The fraction of sp³-hybridized carbons (Fsp3) is 0.0588. The van der Waals surface area contributed by atoms with Crippen LogP contribution < -0.4 is 19.7 Å². The van der Waals surface area contributed by atoms with Gasteiger partial charge in [0.1, 0.15) is 0 Å². The molecule has 23 heavy (non-hydrogen) atoms. The molecule has 6 nitrogen and oxygen atoms in total. The second-order valence-electron chi connectivity index (χ2n) is 4.67. The third-order valence-electron chi connectivity index (χ3n) is 3.24. The zero-order valence-electron chi connectivity index (χ0n) is 12.0. The summed E-state index contributed by atoms with van der Waals surface area (Å²) in [6.45, 7) is 0.116.